The molecule has 0 N–H and O–H groups in total. The van der Waals surface area contributed by atoms with Gasteiger partial charge in [-0.2, -0.15) is 0 Å². The van der Waals surface area contributed by atoms with Gasteiger partial charge in [-0.3, -0.25) is 9.59 Å². The van der Waals surface area contributed by atoms with Crippen molar-refractivity contribution in [1.29, 1.82) is 0 Å². The predicted molar refractivity (Wildman–Crippen MR) is 83.7 cm³/mol. The second-order valence-electron chi connectivity index (χ2n) is 5.97. The summed E-state index contributed by atoms with van der Waals surface area (Å²) in [5, 5.41) is 0.324. The van der Waals surface area contributed by atoms with E-state index in [1.165, 1.54) is 0 Å². The van der Waals surface area contributed by atoms with E-state index < -0.39 is 0 Å². The number of piperidine rings is 1. The molecule has 5 nitrogen and oxygen atoms in total. The van der Waals surface area contributed by atoms with Crippen LogP contribution in [0.5, 0.6) is 0 Å². The smallest absolute Gasteiger partial charge is 0.254 e. The fourth-order valence-electron chi connectivity index (χ4n) is 3.24. The summed E-state index contributed by atoms with van der Waals surface area (Å²) in [5.74, 6) is 0.316. The minimum atomic E-state index is -0.0311. The number of pyridine rings is 1. The van der Waals surface area contributed by atoms with Gasteiger partial charge in [0, 0.05) is 43.9 Å². The molecule has 0 aliphatic carbocycles. The van der Waals surface area contributed by atoms with Crippen molar-refractivity contribution in [2.45, 2.75) is 25.7 Å². The standard InChI is InChI=1S/C16H20ClN3O2/c17-14-11-13(3-6-18-14)16(22)20-9-4-12(5-10-20)15(21)19-7-1-2-8-19/h3,6,11-12H,1-2,4-5,7-10H2. The van der Waals surface area contributed by atoms with E-state index in [0.717, 1.165) is 38.8 Å². The van der Waals surface area contributed by atoms with E-state index in [0.29, 0.717) is 23.8 Å². The molecule has 0 unspecified atom stereocenters. The maximum atomic E-state index is 12.4. The molecule has 0 aromatic carbocycles. The van der Waals surface area contributed by atoms with Gasteiger partial charge in [-0.25, -0.2) is 4.98 Å². The van der Waals surface area contributed by atoms with Crippen LogP contribution in [-0.4, -0.2) is 52.8 Å². The maximum Gasteiger partial charge on any atom is 0.254 e. The van der Waals surface area contributed by atoms with Gasteiger partial charge < -0.3 is 9.80 Å². The van der Waals surface area contributed by atoms with Gasteiger partial charge in [-0.1, -0.05) is 11.6 Å². The van der Waals surface area contributed by atoms with Gasteiger partial charge in [0.15, 0.2) is 0 Å². The summed E-state index contributed by atoms with van der Waals surface area (Å²) < 4.78 is 0. The Hall–Kier alpha value is -1.62. The molecule has 0 saturated carbocycles. The number of amides is 2. The molecule has 2 amide bonds. The molecule has 0 atom stereocenters. The number of carbonyl (C=O) groups is 2. The fourth-order valence-corrected chi connectivity index (χ4v) is 3.42. The number of nitrogens with zero attached hydrogens (tertiary/aromatic N) is 3. The van der Waals surface area contributed by atoms with Crippen molar-refractivity contribution >= 4 is 23.4 Å². The lowest BCUT2D eigenvalue weighted by molar-refractivity contribution is -0.135. The summed E-state index contributed by atoms with van der Waals surface area (Å²) in [7, 11) is 0. The van der Waals surface area contributed by atoms with E-state index in [2.05, 4.69) is 4.98 Å². The van der Waals surface area contributed by atoms with Crippen LogP contribution < -0.4 is 0 Å². The Bertz CT molecular complexity index is 564. The lowest BCUT2D eigenvalue weighted by Gasteiger charge is -2.33. The number of aromatic nitrogens is 1. The van der Waals surface area contributed by atoms with Crippen molar-refractivity contribution < 1.29 is 9.59 Å². The molecule has 0 bridgehead atoms. The summed E-state index contributed by atoms with van der Waals surface area (Å²) in [6.45, 7) is 3.05. The summed E-state index contributed by atoms with van der Waals surface area (Å²) in [6.07, 6.45) is 5.27. The minimum absolute atomic E-state index is 0.0311. The number of rotatable bonds is 2. The first-order valence-corrected chi connectivity index (χ1v) is 8.22. The van der Waals surface area contributed by atoms with Crippen LogP contribution in [-0.2, 0) is 4.79 Å². The Labute approximate surface area is 135 Å². The highest BCUT2D eigenvalue weighted by molar-refractivity contribution is 6.29. The van der Waals surface area contributed by atoms with Crippen molar-refractivity contribution in [3.63, 3.8) is 0 Å². The number of carbonyl (C=O) groups excluding carboxylic acids is 2. The molecule has 1 aromatic rings. The first-order valence-electron chi connectivity index (χ1n) is 7.85. The van der Waals surface area contributed by atoms with E-state index in [9.17, 15) is 9.59 Å². The molecule has 3 heterocycles. The Morgan fingerprint density at radius 1 is 1.09 bits per heavy atom. The molecular weight excluding hydrogens is 302 g/mol. The molecule has 6 heteroatoms. The van der Waals surface area contributed by atoms with E-state index in [-0.39, 0.29) is 17.7 Å². The zero-order chi connectivity index (χ0) is 15.5. The highest BCUT2D eigenvalue weighted by Gasteiger charge is 2.31. The largest absolute Gasteiger partial charge is 0.342 e. The highest BCUT2D eigenvalue weighted by Crippen LogP contribution is 2.23. The molecule has 0 radical (unpaired) electrons. The summed E-state index contributed by atoms with van der Waals surface area (Å²) >= 11 is 5.83. The molecule has 118 valence electrons. The second-order valence-corrected chi connectivity index (χ2v) is 6.35. The average Bonchev–Trinajstić information content (AvgIpc) is 3.08. The Kier molecular flexibility index (Phi) is 4.62. The second kappa shape index (κ2) is 6.65. The topological polar surface area (TPSA) is 53.5 Å². The quantitative estimate of drug-likeness (QED) is 0.785. The third-order valence-electron chi connectivity index (χ3n) is 4.52. The number of hydrogen-bond donors (Lipinski definition) is 0. The fraction of sp³-hybridized carbons (Fsp3) is 0.562. The first kappa shape index (κ1) is 15.3. The number of halogens is 1. The predicted octanol–water partition coefficient (Wildman–Crippen LogP) is 2.21. The van der Waals surface area contributed by atoms with E-state index in [1.807, 2.05) is 4.90 Å². The SMILES string of the molecule is O=C(c1ccnc(Cl)c1)N1CCC(C(=O)N2CCCC2)CC1. The summed E-state index contributed by atoms with van der Waals surface area (Å²) in [5.41, 5.74) is 0.560. The van der Waals surface area contributed by atoms with Crippen LogP contribution in [0.2, 0.25) is 5.15 Å². The lowest BCUT2D eigenvalue weighted by atomic mass is 9.95. The van der Waals surface area contributed by atoms with Crippen LogP contribution in [0.25, 0.3) is 0 Å². The Morgan fingerprint density at radius 2 is 1.77 bits per heavy atom. The first-order chi connectivity index (χ1) is 10.6. The molecule has 22 heavy (non-hydrogen) atoms. The van der Waals surface area contributed by atoms with Crippen molar-refractivity contribution in [3.05, 3.63) is 29.0 Å². The van der Waals surface area contributed by atoms with Crippen LogP contribution in [0.1, 0.15) is 36.0 Å². The zero-order valence-corrected chi connectivity index (χ0v) is 13.3. The summed E-state index contributed by atoms with van der Waals surface area (Å²) in [4.78, 5) is 32.5. The molecule has 2 saturated heterocycles. The number of likely N-dealkylation sites (tertiary alicyclic amines) is 2. The van der Waals surface area contributed by atoms with Crippen molar-refractivity contribution in [3.8, 4) is 0 Å². The third-order valence-corrected chi connectivity index (χ3v) is 4.73. The van der Waals surface area contributed by atoms with Gasteiger partial charge >= 0.3 is 0 Å². The van der Waals surface area contributed by atoms with Gasteiger partial charge in [0.25, 0.3) is 5.91 Å². The van der Waals surface area contributed by atoms with Gasteiger partial charge in [0.05, 0.1) is 0 Å². The van der Waals surface area contributed by atoms with Gasteiger partial charge in [0.1, 0.15) is 5.15 Å². The van der Waals surface area contributed by atoms with Gasteiger partial charge in [0.2, 0.25) is 5.91 Å². The Morgan fingerprint density at radius 3 is 2.41 bits per heavy atom. The van der Waals surface area contributed by atoms with Crippen molar-refractivity contribution in [2.24, 2.45) is 5.92 Å². The van der Waals surface area contributed by atoms with E-state index >= 15 is 0 Å². The highest BCUT2D eigenvalue weighted by atomic mass is 35.5. The zero-order valence-electron chi connectivity index (χ0n) is 12.5. The monoisotopic (exact) mass is 321 g/mol. The third kappa shape index (κ3) is 3.24. The summed E-state index contributed by atoms with van der Waals surface area (Å²) in [6, 6.07) is 3.26. The van der Waals surface area contributed by atoms with Crippen LogP contribution in [0.15, 0.2) is 18.3 Å². The van der Waals surface area contributed by atoms with Crippen LogP contribution >= 0.6 is 11.6 Å². The van der Waals surface area contributed by atoms with E-state index in [1.54, 1.807) is 23.2 Å². The average molecular weight is 322 g/mol. The van der Waals surface area contributed by atoms with Crippen LogP contribution in [0.4, 0.5) is 0 Å². The molecule has 2 fully saturated rings. The molecule has 0 spiro atoms. The maximum absolute atomic E-state index is 12.4. The van der Waals surface area contributed by atoms with Gasteiger partial charge in [-0.05, 0) is 37.8 Å². The van der Waals surface area contributed by atoms with E-state index in [4.69, 9.17) is 11.6 Å². The van der Waals surface area contributed by atoms with Crippen LogP contribution in [0.3, 0.4) is 0 Å². The molecule has 2 aliphatic heterocycles. The molecular formula is C16H20ClN3O2. The molecule has 2 aliphatic rings. The minimum Gasteiger partial charge on any atom is -0.342 e. The molecule has 3 rings (SSSR count). The van der Waals surface area contributed by atoms with Crippen molar-refractivity contribution in [1.82, 2.24) is 14.8 Å². The van der Waals surface area contributed by atoms with Crippen molar-refractivity contribution in [2.75, 3.05) is 26.2 Å². The lowest BCUT2D eigenvalue weighted by Crippen LogP contribution is -2.43. The number of hydrogen-bond acceptors (Lipinski definition) is 3. The Balaban J connectivity index is 1.57. The molecule has 1 aromatic heterocycles. The van der Waals surface area contributed by atoms with Crippen LogP contribution in [0, 0.1) is 5.92 Å². The van der Waals surface area contributed by atoms with Gasteiger partial charge in [-0.15, -0.1) is 0 Å². The normalized spacial score (nSPS) is 19.5.